The summed E-state index contributed by atoms with van der Waals surface area (Å²) in [7, 11) is 0. The number of imidazole rings is 1. The number of amides is 11. The summed E-state index contributed by atoms with van der Waals surface area (Å²) in [5.74, 6) is -19.0. The fraction of sp³-hybridized carbons (Fsp3) is 0.483. The molecule has 0 bridgehead atoms. The Balaban J connectivity index is 1.77. The molecule has 1 heterocycles. The van der Waals surface area contributed by atoms with Crippen molar-refractivity contribution in [2.24, 2.45) is 17.6 Å². The molecule has 3 rings (SSSR count). The van der Waals surface area contributed by atoms with Crippen LogP contribution in [0.15, 0.2) is 67.1 Å². The van der Waals surface area contributed by atoms with E-state index in [1.54, 1.807) is 51.1 Å². The monoisotopic (exact) mass is 1310 g/mol. The van der Waals surface area contributed by atoms with Gasteiger partial charge in [-0.15, -0.1) is 0 Å². The van der Waals surface area contributed by atoms with Gasteiger partial charge in [0.15, 0.2) is 0 Å². The fourth-order valence-electron chi connectivity index (χ4n) is 8.69. The third-order valence-corrected chi connectivity index (χ3v) is 13.9. The highest BCUT2D eigenvalue weighted by Crippen LogP contribution is 2.14. The highest BCUT2D eigenvalue weighted by molar-refractivity contribution is 6.00. The molecule has 0 aliphatic rings. The van der Waals surface area contributed by atoms with E-state index in [9.17, 15) is 97.5 Å². The Bertz CT molecular complexity index is 3110. The number of H-pyrrole nitrogens is 1. The Labute approximate surface area is 531 Å². The number of rotatable bonds is 40. The van der Waals surface area contributed by atoms with Crippen LogP contribution in [-0.4, -0.2) is 210 Å². The normalized spacial score (nSPS) is 14.5. The van der Waals surface area contributed by atoms with Gasteiger partial charge in [0.2, 0.25) is 65.0 Å². The van der Waals surface area contributed by atoms with Crippen LogP contribution in [-0.2, 0) is 91.2 Å². The molecule has 0 aliphatic heterocycles. The zero-order valence-corrected chi connectivity index (χ0v) is 51.4. The van der Waals surface area contributed by atoms with Gasteiger partial charge in [-0.3, -0.25) is 67.1 Å². The van der Waals surface area contributed by atoms with Crippen molar-refractivity contribution >= 4 is 88.9 Å². The van der Waals surface area contributed by atoms with Crippen molar-refractivity contribution in [3.05, 3.63) is 83.9 Å². The number of carbonyl (C=O) groups is 15. The summed E-state index contributed by atoms with van der Waals surface area (Å²) < 4.78 is 0. The Hall–Kier alpha value is -10.6. The second-order valence-electron chi connectivity index (χ2n) is 22.0. The van der Waals surface area contributed by atoms with E-state index in [2.05, 4.69) is 68.5 Å². The van der Waals surface area contributed by atoms with Gasteiger partial charge in [0, 0.05) is 31.2 Å². The topological polar surface area (TPSA) is 564 Å². The number of aromatic hydroxyl groups is 1. The smallest absolute Gasteiger partial charge is 0.326 e. The summed E-state index contributed by atoms with van der Waals surface area (Å²) in [5.41, 5.74) is 6.63. The molecule has 0 fully saturated rings. The SMILES string of the molecule is CC[C@H](C)[C@H](NC(=O)[C@H](CC(=O)O)NC(=O)[C@H](Cc1ccccc1)NC(=O)[C@H](C)NC(=O)[C@H](CC(=O)O)NC(=O)[C@H](CC(C)C)NC(=O)CNC(=O)[C@H](Cc1cnc[nH]1)NC(=O)[C@H](CO)NC(=O)[C@H](Cc1ccc(O)cc1)NC(=O)CNC(=O)[C@@H](N)CC(=O)O)C(=O)O. The number of aromatic nitrogens is 2. The number of hydrogen-bond acceptors (Lipinski definition) is 19. The van der Waals surface area contributed by atoms with Gasteiger partial charge in [0.25, 0.3) is 0 Å². The molecule has 11 atom stereocenters. The van der Waals surface area contributed by atoms with Crippen molar-refractivity contribution < 1.29 is 103 Å². The average Bonchev–Trinajstić information content (AvgIpc) is 1.17. The van der Waals surface area contributed by atoms with Gasteiger partial charge in [-0.1, -0.05) is 76.6 Å². The molecular formula is C58H80N14O21. The van der Waals surface area contributed by atoms with E-state index in [4.69, 9.17) is 10.8 Å². The van der Waals surface area contributed by atoms with E-state index in [1.165, 1.54) is 43.7 Å². The first-order chi connectivity index (χ1) is 43.8. The molecular weight excluding hydrogens is 1230 g/mol. The van der Waals surface area contributed by atoms with Crippen molar-refractivity contribution in [2.45, 2.75) is 146 Å². The van der Waals surface area contributed by atoms with Crippen molar-refractivity contribution in [2.75, 3.05) is 19.7 Å². The number of benzene rings is 2. The number of phenols is 1. The molecule has 0 saturated carbocycles. The highest BCUT2D eigenvalue weighted by atomic mass is 16.4. The predicted molar refractivity (Wildman–Crippen MR) is 322 cm³/mol. The van der Waals surface area contributed by atoms with Crippen molar-refractivity contribution in [1.29, 1.82) is 0 Å². The molecule has 35 nitrogen and oxygen atoms in total. The van der Waals surface area contributed by atoms with Crippen LogP contribution < -0.4 is 64.2 Å². The molecule has 0 radical (unpaired) electrons. The molecule has 1 aromatic heterocycles. The number of nitrogens with two attached hydrogens (primary N) is 1. The van der Waals surface area contributed by atoms with Gasteiger partial charge in [-0.2, -0.15) is 0 Å². The van der Waals surface area contributed by atoms with Crippen LogP contribution in [0, 0.1) is 11.8 Å². The van der Waals surface area contributed by atoms with Gasteiger partial charge in [-0.25, -0.2) is 9.78 Å². The molecule has 0 saturated heterocycles. The molecule has 3 aromatic rings. The maximum atomic E-state index is 13.9. The van der Waals surface area contributed by atoms with Gasteiger partial charge in [0.1, 0.15) is 60.1 Å². The van der Waals surface area contributed by atoms with E-state index in [0.29, 0.717) is 17.5 Å². The van der Waals surface area contributed by atoms with E-state index >= 15 is 0 Å². The number of hydrogen-bond donors (Lipinski definition) is 19. The molecule has 0 spiro atoms. The van der Waals surface area contributed by atoms with Crippen LogP contribution in [0.3, 0.4) is 0 Å². The average molecular weight is 1310 g/mol. The van der Waals surface area contributed by atoms with E-state index in [0.717, 1.165) is 6.92 Å². The zero-order valence-electron chi connectivity index (χ0n) is 51.4. The fourth-order valence-corrected chi connectivity index (χ4v) is 8.69. The number of aliphatic hydroxyl groups excluding tert-OH is 1. The summed E-state index contributed by atoms with van der Waals surface area (Å²) >= 11 is 0. The lowest BCUT2D eigenvalue weighted by Crippen LogP contribution is -2.60. The number of aliphatic carboxylic acids is 4. The highest BCUT2D eigenvalue weighted by Gasteiger charge is 2.36. The lowest BCUT2D eigenvalue weighted by molar-refractivity contribution is -0.145. The van der Waals surface area contributed by atoms with E-state index in [-0.39, 0.29) is 43.0 Å². The molecule has 93 heavy (non-hydrogen) atoms. The summed E-state index contributed by atoms with van der Waals surface area (Å²) in [6.45, 7) is 4.88. The predicted octanol–water partition coefficient (Wildman–Crippen LogP) is -5.32. The number of aromatic amines is 1. The number of nitrogens with zero attached hydrogens (tertiary/aromatic N) is 1. The first kappa shape index (κ1) is 76.7. The standard InChI is InChI=1S/C58H80N14O21/c1-6-29(4)48(58(92)93)72-56(90)41(22-47(81)82)70-55(89)38(17-31-10-8-7-9-11-31)67-49(83)30(5)64-52(86)40(21-46(79)80)69-53(87)36(16-28(2)3)65-44(76)25-62-51(85)39(19-33-23-60-27-63-33)68-57(91)42(26-73)71-54(88)37(18-32-12-14-34(74)15-13-32)66-43(75)24-61-50(84)35(59)20-45(77)78/h7-15,23,27-30,35-42,48,73-74H,6,16-22,24-26,59H2,1-5H3,(H,60,63)(H,61,84)(H,62,85)(H,64,86)(H,65,76)(H,66,75)(H,67,83)(H,68,91)(H,69,87)(H,70,89)(H,71,88)(H,72,90)(H,77,78)(H,79,80)(H,81,82)(H,92,93)/t29-,30-,35-,36-,37-,38-,39-,40-,41-,42-,48-/m0/s1. The molecule has 20 N–H and O–H groups in total. The maximum absolute atomic E-state index is 13.9. The minimum atomic E-state index is -1.93. The molecule has 0 unspecified atom stereocenters. The lowest BCUT2D eigenvalue weighted by Gasteiger charge is -2.27. The van der Waals surface area contributed by atoms with Crippen LogP contribution in [0.25, 0.3) is 0 Å². The van der Waals surface area contributed by atoms with Crippen molar-refractivity contribution in [3.8, 4) is 5.75 Å². The molecule has 2 aromatic carbocycles. The first-order valence-electron chi connectivity index (χ1n) is 29.1. The summed E-state index contributed by atoms with van der Waals surface area (Å²) in [4.78, 5) is 202. The Morgan fingerprint density at radius 3 is 1.43 bits per heavy atom. The minimum absolute atomic E-state index is 0.140. The molecule has 0 aliphatic carbocycles. The van der Waals surface area contributed by atoms with Gasteiger partial charge >= 0.3 is 23.9 Å². The third-order valence-electron chi connectivity index (χ3n) is 13.9. The van der Waals surface area contributed by atoms with Crippen molar-refractivity contribution in [3.63, 3.8) is 0 Å². The number of carbonyl (C=O) groups excluding carboxylic acids is 11. The van der Waals surface area contributed by atoms with Crippen LogP contribution >= 0.6 is 0 Å². The van der Waals surface area contributed by atoms with Gasteiger partial charge < -0.3 is 99.8 Å². The Morgan fingerprint density at radius 1 is 0.495 bits per heavy atom. The Morgan fingerprint density at radius 2 is 0.935 bits per heavy atom. The number of aliphatic hydroxyl groups is 1. The van der Waals surface area contributed by atoms with Gasteiger partial charge in [-0.05, 0) is 48.4 Å². The largest absolute Gasteiger partial charge is 0.508 e. The minimum Gasteiger partial charge on any atom is -0.508 e. The van der Waals surface area contributed by atoms with E-state index < -0.39 is 194 Å². The summed E-state index contributed by atoms with van der Waals surface area (Å²) in [6, 6.07) is -3.01. The number of phenolic OH excluding ortho intramolecular Hbond substituents is 1. The number of nitrogens with one attached hydrogen (secondary N) is 12. The molecule has 11 amide bonds. The molecule has 35 heteroatoms. The van der Waals surface area contributed by atoms with Crippen LogP contribution in [0.5, 0.6) is 5.75 Å². The first-order valence-corrected chi connectivity index (χ1v) is 29.1. The van der Waals surface area contributed by atoms with Crippen molar-refractivity contribution in [1.82, 2.24) is 68.5 Å². The van der Waals surface area contributed by atoms with Gasteiger partial charge in [0.05, 0.1) is 51.3 Å². The summed E-state index contributed by atoms with van der Waals surface area (Å²) in [5, 5.41) is 83.5. The quantitative estimate of drug-likeness (QED) is 0.0253. The summed E-state index contributed by atoms with van der Waals surface area (Å²) in [6.07, 6.45) is -1.04. The number of carboxylic acid groups (broad SMARTS) is 4. The van der Waals surface area contributed by atoms with Crippen LogP contribution in [0.1, 0.15) is 83.5 Å². The molecule has 508 valence electrons. The van der Waals surface area contributed by atoms with E-state index in [1.807, 2.05) is 0 Å². The second kappa shape index (κ2) is 38.2. The maximum Gasteiger partial charge on any atom is 0.326 e. The Kier molecular flexibility index (Phi) is 31.5. The van der Waals surface area contributed by atoms with Crippen LogP contribution in [0.4, 0.5) is 0 Å². The third kappa shape index (κ3) is 27.6. The number of carboxylic acids is 4. The second-order valence-corrected chi connectivity index (χ2v) is 22.0. The lowest BCUT2D eigenvalue weighted by atomic mass is 9.98. The van der Waals surface area contributed by atoms with Crippen LogP contribution in [0.2, 0.25) is 0 Å². The zero-order chi connectivity index (χ0) is 69.6.